The van der Waals surface area contributed by atoms with Crippen LogP contribution in [-0.2, 0) is 6.54 Å². The van der Waals surface area contributed by atoms with Crippen molar-refractivity contribution in [3.05, 3.63) is 35.4 Å². The second-order valence-corrected chi connectivity index (χ2v) is 2.13. The molecule has 1 nitrogen and oxygen atoms in total. The third-order valence-electron chi connectivity index (χ3n) is 1.48. The average Bonchev–Trinajstić information content (AvgIpc) is 1.89. The summed E-state index contributed by atoms with van der Waals surface area (Å²) in [5.74, 6) is 0. The monoisotopic (exact) mass is 249 g/mol. The van der Waals surface area contributed by atoms with Gasteiger partial charge in [0.05, 0.1) is 0 Å². The normalized spacial score (nSPS) is 8.60. The minimum Gasteiger partial charge on any atom is -0.326 e. The molecule has 1 aromatic carbocycles. The number of nitrogens with two attached hydrogens (primary N) is 1. The number of benzene rings is 1. The van der Waals surface area contributed by atoms with Gasteiger partial charge in [0.15, 0.2) is 0 Å². The molecular formula is C8H12IN. The number of rotatable bonds is 1. The van der Waals surface area contributed by atoms with Gasteiger partial charge < -0.3 is 5.73 Å². The Balaban J connectivity index is 0.000000810. The summed E-state index contributed by atoms with van der Waals surface area (Å²) in [7, 11) is 0. The van der Waals surface area contributed by atoms with Crippen LogP contribution >= 0.6 is 24.0 Å². The summed E-state index contributed by atoms with van der Waals surface area (Å²) >= 11 is 0. The summed E-state index contributed by atoms with van der Waals surface area (Å²) in [4.78, 5) is 0. The Morgan fingerprint density at radius 1 is 1.30 bits per heavy atom. The van der Waals surface area contributed by atoms with E-state index >= 15 is 0 Å². The Hall–Kier alpha value is -0.0900. The second-order valence-electron chi connectivity index (χ2n) is 2.13. The highest BCUT2D eigenvalue weighted by Crippen LogP contribution is 2.04. The fourth-order valence-electron chi connectivity index (χ4n) is 0.839. The van der Waals surface area contributed by atoms with Crippen molar-refractivity contribution >= 4 is 24.0 Å². The average molecular weight is 249 g/mol. The first-order chi connectivity index (χ1) is 4.34. The van der Waals surface area contributed by atoms with Crippen LogP contribution in [0.5, 0.6) is 0 Å². The molecule has 2 N–H and O–H groups in total. The summed E-state index contributed by atoms with van der Waals surface area (Å²) in [5.41, 5.74) is 7.96. The second kappa shape index (κ2) is 4.68. The summed E-state index contributed by atoms with van der Waals surface area (Å²) in [6, 6.07) is 8.15. The largest absolute Gasteiger partial charge is 0.326 e. The highest BCUT2D eigenvalue weighted by molar-refractivity contribution is 14.0. The van der Waals surface area contributed by atoms with Crippen LogP contribution in [0.15, 0.2) is 24.3 Å². The fourth-order valence-corrected chi connectivity index (χ4v) is 0.839. The highest BCUT2D eigenvalue weighted by Gasteiger charge is 1.89. The van der Waals surface area contributed by atoms with Crippen molar-refractivity contribution in [2.45, 2.75) is 13.5 Å². The molecule has 0 aromatic heterocycles. The number of hydrogen-bond donors (Lipinski definition) is 1. The Morgan fingerprint density at radius 2 is 1.90 bits per heavy atom. The Bertz CT molecular complexity index is 198. The first-order valence-electron chi connectivity index (χ1n) is 3.09. The van der Waals surface area contributed by atoms with Gasteiger partial charge in [-0.05, 0) is 18.1 Å². The first-order valence-corrected chi connectivity index (χ1v) is 3.09. The van der Waals surface area contributed by atoms with Crippen molar-refractivity contribution in [3.8, 4) is 0 Å². The van der Waals surface area contributed by atoms with Crippen LogP contribution in [0.2, 0.25) is 0 Å². The molecule has 1 rings (SSSR count). The third kappa shape index (κ3) is 2.27. The summed E-state index contributed by atoms with van der Waals surface area (Å²) < 4.78 is 0. The van der Waals surface area contributed by atoms with Crippen molar-refractivity contribution < 1.29 is 0 Å². The van der Waals surface area contributed by atoms with E-state index in [2.05, 4.69) is 19.1 Å². The number of halogens is 1. The number of aryl methyl sites for hydroxylation is 1. The quantitative estimate of drug-likeness (QED) is 0.757. The van der Waals surface area contributed by atoms with E-state index in [4.69, 9.17) is 5.73 Å². The fraction of sp³-hybridized carbons (Fsp3) is 0.250. The molecule has 0 unspecified atom stereocenters. The summed E-state index contributed by atoms with van der Waals surface area (Å²) in [6.45, 7) is 2.72. The zero-order valence-corrected chi connectivity index (χ0v) is 8.33. The van der Waals surface area contributed by atoms with Crippen molar-refractivity contribution in [1.29, 1.82) is 0 Å². The van der Waals surface area contributed by atoms with E-state index in [0.29, 0.717) is 6.54 Å². The van der Waals surface area contributed by atoms with Crippen molar-refractivity contribution in [2.24, 2.45) is 5.73 Å². The minimum atomic E-state index is 0. The van der Waals surface area contributed by atoms with Crippen molar-refractivity contribution in [1.82, 2.24) is 0 Å². The van der Waals surface area contributed by atoms with Gasteiger partial charge in [-0.15, -0.1) is 24.0 Å². The molecule has 0 bridgehead atoms. The molecule has 0 aliphatic rings. The van der Waals surface area contributed by atoms with E-state index < -0.39 is 0 Å². The summed E-state index contributed by atoms with van der Waals surface area (Å²) in [5, 5.41) is 0. The molecule has 0 saturated carbocycles. The van der Waals surface area contributed by atoms with Crippen LogP contribution in [0.3, 0.4) is 0 Å². The molecule has 0 fully saturated rings. The van der Waals surface area contributed by atoms with Gasteiger partial charge in [0.25, 0.3) is 0 Å². The van der Waals surface area contributed by atoms with Crippen LogP contribution in [0.25, 0.3) is 0 Å². The molecule has 0 amide bonds. The maximum atomic E-state index is 5.45. The Kier molecular flexibility index (Phi) is 4.64. The third-order valence-corrected chi connectivity index (χ3v) is 1.48. The maximum absolute atomic E-state index is 5.45. The van der Waals surface area contributed by atoms with E-state index in [9.17, 15) is 0 Å². The van der Waals surface area contributed by atoms with Gasteiger partial charge in [-0.3, -0.25) is 0 Å². The summed E-state index contributed by atoms with van der Waals surface area (Å²) in [6.07, 6.45) is 0. The molecule has 0 heterocycles. The van der Waals surface area contributed by atoms with E-state index in [1.165, 1.54) is 11.1 Å². The highest BCUT2D eigenvalue weighted by atomic mass is 127. The lowest BCUT2D eigenvalue weighted by Gasteiger charge is -1.98. The van der Waals surface area contributed by atoms with E-state index in [1.807, 2.05) is 12.1 Å². The van der Waals surface area contributed by atoms with Gasteiger partial charge in [-0.25, -0.2) is 0 Å². The molecule has 1 aromatic rings. The lowest BCUT2D eigenvalue weighted by molar-refractivity contribution is 1.05. The molecule has 0 spiro atoms. The van der Waals surface area contributed by atoms with Gasteiger partial charge in [0.2, 0.25) is 0 Å². The molecule has 0 aliphatic heterocycles. The topological polar surface area (TPSA) is 26.0 Å². The number of hydrogen-bond acceptors (Lipinski definition) is 1. The predicted molar refractivity (Wildman–Crippen MR) is 54.5 cm³/mol. The van der Waals surface area contributed by atoms with E-state index in [1.54, 1.807) is 0 Å². The Labute approximate surface area is 78.6 Å². The standard InChI is InChI=1S/C8H11N.HI/c1-7-4-2-3-5-8(7)6-9;/h2-5H,6,9H2,1H3;1H. The van der Waals surface area contributed by atoms with Crippen LogP contribution < -0.4 is 5.73 Å². The van der Waals surface area contributed by atoms with Crippen LogP contribution in [0, 0.1) is 6.92 Å². The zero-order valence-electron chi connectivity index (χ0n) is 6.00. The molecule has 10 heavy (non-hydrogen) atoms. The molecule has 0 saturated heterocycles. The van der Waals surface area contributed by atoms with Gasteiger partial charge in [0.1, 0.15) is 0 Å². The lowest BCUT2D eigenvalue weighted by atomic mass is 10.1. The lowest BCUT2D eigenvalue weighted by Crippen LogP contribution is -1.97. The van der Waals surface area contributed by atoms with Gasteiger partial charge in [0, 0.05) is 6.54 Å². The van der Waals surface area contributed by atoms with Crippen LogP contribution in [-0.4, -0.2) is 0 Å². The van der Waals surface area contributed by atoms with Crippen molar-refractivity contribution in [2.75, 3.05) is 0 Å². The SMILES string of the molecule is Cc1ccccc1CN.I. The zero-order chi connectivity index (χ0) is 6.69. The van der Waals surface area contributed by atoms with Crippen LogP contribution in [0.4, 0.5) is 0 Å². The molecular weight excluding hydrogens is 237 g/mol. The van der Waals surface area contributed by atoms with E-state index in [0.717, 1.165) is 0 Å². The maximum Gasteiger partial charge on any atom is 0.0180 e. The van der Waals surface area contributed by atoms with Gasteiger partial charge in [-0.2, -0.15) is 0 Å². The predicted octanol–water partition coefficient (Wildman–Crippen LogP) is 2.07. The molecule has 0 radical (unpaired) electrons. The van der Waals surface area contributed by atoms with Crippen LogP contribution in [0.1, 0.15) is 11.1 Å². The first kappa shape index (κ1) is 9.91. The molecule has 0 atom stereocenters. The van der Waals surface area contributed by atoms with Gasteiger partial charge in [-0.1, -0.05) is 24.3 Å². The van der Waals surface area contributed by atoms with Gasteiger partial charge >= 0.3 is 0 Å². The van der Waals surface area contributed by atoms with Crippen molar-refractivity contribution in [3.63, 3.8) is 0 Å². The minimum absolute atomic E-state index is 0. The smallest absolute Gasteiger partial charge is 0.0180 e. The Morgan fingerprint density at radius 3 is 2.30 bits per heavy atom. The molecule has 2 heteroatoms. The van der Waals surface area contributed by atoms with E-state index in [-0.39, 0.29) is 24.0 Å². The molecule has 0 aliphatic carbocycles. The molecule has 56 valence electrons.